The van der Waals surface area contributed by atoms with Crippen molar-refractivity contribution in [3.63, 3.8) is 0 Å². The van der Waals surface area contributed by atoms with Gasteiger partial charge in [0.25, 0.3) is 0 Å². The lowest BCUT2D eigenvalue weighted by molar-refractivity contribution is 1.18. The van der Waals surface area contributed by atoms with Crippen molar-refractivity contribution in [2.75, 3.05) is 4.90 Å². The molecule has 1 heterocycles. The van der Waals surface area contributed by atoms with Crippen LogP contribution in [0.1, 0.15) is 11.1 Å². The van der Waals surface area contributed by atoms with Gasteiger partial charge in [0.15, 0.2) is 0 Å². The number of allylic oxidation sites excluding steroid dienone is 2. The van der Waals surface area contributed by atoms with E-state index in [0.717, 1.165) is 22.7 Å². The normalized spacial score (nSPS) is 11.9. The number of benzene rings is 9. The molecule has 10 aromatic rings. The number of hydrogen-bond donors (Lipinski definition) is 0. The van der Waals surface area contributed by atoms with Crippen molar-refractivity contribution >= 4 is 66.5 Å². The van der Waals surface area contributed by atoms with Crippen molar-refractivity contribution in [1.29, 1.82) is 0 Å². The molecule has 0 amide bonds. The Labute approximate surface area is 332 Å². The van der Waals surface area contributed by atoms with Crippen molar-refractivity contribution < 1.29 is 0 Å². The SMILES string of the molecule is C=C/C=C\c1c(C)cc2cccc3c2c1-c1cc(N(c2ccc4c(c2)c2ccccc2n4-c2ccccc2-c2ccccc2)c2cccc4ccccc24)ccc1-3. The van der Waals surface area contributed by atoms with Gasteiger partial charge in [0.05, 0.1) is 22.4 Å². The maximum absolute atomic E-state index is 3.99. The summed E-state index contributed by atoms with van der Waals surface area (Å²) < 4.78 is 2.44. The number of rotatable bonds is 7. The van der Waals surface area contributed by atoms with Gasteiger partial charge in [0.2, 0.25) is 0 Å². The standard InChI is InChI=1S/C55H38N2/c1-3-4-21-42-36(2)33-39-20-14-25-47-45-31-29-40(35-49(45)55(42)54(39)47)56(50-28-15-19-38-18-8-9-22-43(38)50)41-30-32-53-48(34-41)46-24-11-13-27-52(46)57(53)51-26-12-10-23-44(51)37-16-6-5-7-17-37/h3-35H,1H2,2H3/b21-4-. The van der Waals surface area contributed by atoms with Gasteiger partial charge in [-0.25, -0.2) is 0 Å². The highest BCUT2D eigenvalue weighted by atomic mass is 15.1. The lowest BCUT2D eigenvalue weighted by Crippen LogP contribution is -2.10. The second kappa shape index (κ2) is 13.1. The summed E-state index contributed by atoms with van der Waals surface area (Å²) in [6, 6.07) is 66.7. The number of aromatic nitrogens is 1. The second-order valence-electron chi connectivity index (χ2n) is 15.0. The van der Waals surface area contributed by atoms with Gasteiger partial charge in [-0.15, -0.1) is 0 Å². The van der Waals surface area contributed by atoms with E-state index >= 15 is 0 Å². The topological polar surface area (TPSA) is 8.17 Å². The van der Waals surface area contributed by atoms with Crippen molar-refractivity contribution in [1.82, 2.24) is 4.57 Å². The summed E-state index contributed by atoms with van der Waals surface area (Å²) in [5, 5.41) is 7.44. The first-order valence-corrected chi connectivity index (χ1v) is 19.6. The minimum absolute atomic E-state index is 1.11. The predicted molar refractivity (Wildman–Crippen MR) is 244 cm³/mol. The van der Waals surface area contributed by atoms with E-state index in [1.54, 1.807) is 0 Å². The Morgan fingerprint density at radius 3 is 2.09 bits per heavy atom. The molecule has 2 nitrogen and oxygen atoms in total. The number of aryl methyl sites for hydroxylation is 1. The van der Waals surface area contributed by atoms with Gasteiger partial charge in [0.1, 0.15) is 0 Å². The summed E-state index contributed by atoms with van der Waals surface area (Å²) in [4.78, 5) is 2.46. The van der Waals surface area contributed by atoms with E-state index in [1.165, 1.54) is 87.9 Å². The average molecular weight is 727 g/mol. The monoisotopic (exact) mass is 726 g/mol. The first-order chi connectivity index (χ1) is 28.2. The van der Waals surface area contributed by atoms with Gasteiger partial charge in [-0.05, 0) is 111 Å². The third-order valence-corrected chi connectivity index (χ3v) is 11.8. The molecule has 0 radical (unpaired) electrons. The lowest BCUT2D eigenvalue weighted by Gasteiger charge is -2.28. The van der Waals surface area contributed by atoms with Gasteiger partial charge < -0.3 is 9.47 Å². The summed E-state index contributed by atoms with van der Waals surface area (Å²) >= 11 is 0. The van der Waals surface area contributed by atoms with E-state index in [0.29, 0.717) is 0 Å². The van der Waals surface area contributed by atoms with Crippen LogP contribution in [-0.4, -0.2) is 4.57 Å². The molecule has 1 aromatic heterocycles. The van der Waals surface area contributed by atoms with Gasteiger partial charge in [0, 0.05) is 33.1 Å². The van der Waals surface area contributed by atoms with Crippen LogP contribution in [0.25, 0.3) is 88.5 Å². The molecule has 0 fully saturated rings. The fourth-order valence-corrected chi connectivity index (χ4v) is 9.33. The van der Waals surface area contributed by atoms with Gasteiger partial charge in [-0.2, -0.15) is 0 Å². The third kappa shape index (κ3) is 5.11. The van der Waals surface area contributed by atoms with Crippen LogP contribution in [0.2, 0.25) is 0 Å². The molecule has 0 N–H and O–H groups in total. The van der Waals surface area contributed by atoms with Crippen LogP contribution in [0, 0.1) is 6.92 Å². The van der Waals surface area contributed by atoms with Crippen molar-refractivity contribution in [3.8, 4) is 39.1 Å². The van der Waals surface area contributed by atoms with E-state index in [4.69, 9.17) is 0 Å². The first-order valence-electron chi connectivity index (χ1n) is 19.6. The molecule has 1 aliphatic carbocycles. The van der Waals surface area contributed by atoms with Crippen molar-refractivity contribution in [2.24, 2.45) is 0 Å². The Hall–Kier alpha value is -7.42. The zero-order valence-electron chi connectivity index (χ0n) is 31.7. The molecule has 0 saturated heterocycles. The third-order valence-electron chi connectivity index (χ3n) is 11.8. The van der Waals surface area contributed by atoms with E-state index in [1.807, 2.05) is 6.08 Å². The maximum Gasteiger partial charge on any atom is 0.0542 e. The fourth-order valence-electron chi connectivity index (χ4n) is 9.33. The number of nitrogens with zero attached hydrogens (tertiary/aromatic N) is 2. The van der Waals surface area contributed by atoms with E-state index in [-0.39, 0.29) is 0 Å². The molecule has 268 valence electrons. The zero-order valence-corrected chi connectivity index (χ0v) is 31.7. The van der Waals surface area contributed by atoms with Crippen LogP contribution < -0.4 is 4.90 Å². The van der Waals surface area contributed by atoms with Gasteiger partial charge >= 0.3 is 0 Å². The molecule has 0 atom stereocenters. The zero-order chi connectivity index (χ0) is 38.0. The van der Waals surface area contributed by atoms with Crippen LogP contribution >= 0.6 is 0 Å². The Kier molecular flexibility index (Phi) is 7.58. The average Bonchev–Trinajstić information content (AvgIpc) is 3.77. The smallest absolute Gasteiger partial charge is 0.0542 e. The molecular weight excluding hydrogens is 689 g/mol. The quantitative estimate of drug-likeness (QED) is 0.148. The molecule has 9 aromatic carbocycles. The Bertz CT molecular complexity index is 3270. The van der Waals surface area contributed by atoms with E-state index in [9.17, 15) is 0 Å². The second-order valence-corrected chi connectivity index (χ2v) is 15.0. The van der Waals surface area contributed by atoms with Crippen LogP contribution in [0.3, 0.4) is 0 Å². The highest BCUT2D eigenvalue weighted by Crippen LogP contribution is 2.52. The van der Waals surface area contributed by atoms with Gasteiger partial charge in [-0.3, -0.25) is 0 Å². The summed E-state index contributed by atoms with van der Waals surface area (Å²) in [5.74, 6) is 0. The number of hydrogen-bond acceptors (Lipinski definition) is 1. The molecule has 0 bridgehead atoms. The summed E-state index contributed by atoms with van der Waals surface area (Å²) in [6.07, 6.45) is 6.14. The molecule has 0 unspecified atom stereocenters. The van der Waals surface area contributed by atoms with Crippen LogP contribution in [0.5, 0.6) is 0 Å². The highest BCUT2D eigenvalue weighted by Gasteiger charge is 2.27. The lowest BCUT2D eigenvalue weighted by atomic mass is 9.93. The highest BCUT2D eigenvalue weighted by molar-refractivity contribution is 6.19. The van der Waals surface area contributed by atoms with Crippen molar-refractivity contribution in [3.05, 3.63) is 212 Å². The summed E-state index contributed by atoms with van der Waals surface area (Å²) in [7, 11) is 0. The maximum atomic E-state index is 3.99. The van der Waals surface area contributed by atoms with Crippen LogP contribution in [0.15, 0.2) is 201 Å². The summed E-state index contributed by atoms with van der Waals surface area (Å²) in [6.45, 7) is 6.21. The minimum Gasteiger partial charge on any atom is -0.310 e. The molecule has 11 rings (SSSR count). The van der Waals surface area contributed by atoms with E-state index < -0.39 is 0 Å². The predicted octanol–water partition coefficient (Wildman–Crippen LogP) is 15.4. The molecule has 0 saturated carbocycles. The molecular formula is C55H38N2. The molecule has 0 spiro atoms. The number of para-hydroxylation sites is 2. The van der Waals surface area contributed by atoms with Crippen LogP contribution in [0.4, 0.5) is 17.1 Å². The Balaban J connectivity index is 1.17. The summed E-state index contributed by atoms with van der Waals surface area (Å²) in [5.41, 5.74) is 16.9. The fraction of sp³-hybridized carbons (Fsp3) is 0.0182. The first kappa shape index (κ1) is 33.0. The van der Waals surface area contributed by atoms with Crippen molar-refractivity contribution in [2.45, 2.75) is 6.92 Å². The molecule has 57 heavy (non-hydrogen) atoms. The van der Waals surface area contributed by atoms with Crippen LogP contribution in [-0.2, 0) is 0 Å². The minimum atomic E-state index is 1.11. The number of fused-ring (bicyclic) bond motifs is 7. The molecule has 0 aliphatic heterocycles. The largest absolute Gasteiger partial charge is 0.310 e. The van der Waals surface area contributed by atoms with Gasteiger partial charge in [-0.1, -0.05) is 158 Å². The Morgan fingerprint density at radius 2 is 1.19 bits per heavy atom. The van der Waals surface area contributed by atoms with E-state index in [2.05, 4.69) is 217 Å². The number of anilines is 3. The molecule has 1 aliphatic rings. The molecule has 2 heteroatoms. The Morgan fingerprint density at radius 1 is 0.509 bits per heavy atom.